The van der Waals surface area contributed by atoms with Gasteiger partial charge in [-0.15, -0.1) is 0 Å². The quantitative estimate of drug-likeness (QED) is 0.877. The van der Waals surface area contributed by atoms with Crippen molar-refractivity contribution in [3.05, 3.63) is 17.7 Å². The van der Waals surface area contributed by atoms with Gasteiger partial charge in [0, 0.05) is 19.7 Å². The molecule has 1 aliphatic rings. The van der Waals surface area contributed by atoms with Crippen LogP contribution in [0.3, 0.4) is 0 Å². The predicted molar refractivity (Wildman–Crippen MR) is 69.0 cm³/mol. The van der Waals surface area contributed by atoms with Gasteiger partial charge in [-0.05, 0) is 12.8 Å². The van der Waals surface area contributed by atoms with Crippen LogP contribution in [0.4, 0.5) is 20.4 Å². The zero-order chi connectivity index (χ0) is 14.0. The molecule has 5 nitrogen and oxygen atoms in total. The van der Waals surface area contributed by atoms with Gasteiger partial charge in [0.05, 0.1) is 11.0 Å². The number of anilines is 2. The van der Waals surface area contributed by atoms with E-state index in [1.807, 2.05) is 0 Å². The molecule has 2 rings (SSSR count). The maximum atomic E-state index is 13.5. The van der Waals surface area contributed by atoms with Gasteiger partial charge in [-0.25, -0.2) is 22.2 Å². The lowest BCUT2D eigenvalue weighted by Crippen LogP contribution is -2.25. The first-order chi connectivity index (χ1) is 8.94. The minimum absolute atomic E-state index is 0.0844. The minimum Gasteiger partial charge on any atom is -0.371 e. The highest BCUT2D eigenvalue weighted by molar-refractivity contribution is 7.92. The van der Waals surface area contributed by atoms with Crippen LogP contribution in [0.15, 0.2) is 6.07 Å². The van der Waals surface area contributed by atoms with Crippen molar-refractivity contribution in [2.24, 2.45) is 0 Å². The average Bonchev–Trinajstić information content (AvgIpc) is 2.67. The number of pyridine rings is 1. The predicted octanol–water partition coefficient (Wildman–Crippen LogP) is 1.39. The molecule has 0 spiro atoms. The summed E-state index contributed by atoms with van der Waals surface area (Å²) >= 11 is 0. The summed E-state index contributed by atoms with van der Waals surface area (Å²) in [6.45, 7) is 0.0844. The lowest BCUT2D eigenvalue weighted by atomic mass is 10.2. The van der Waals surface area contributed by atoms with Crippen LogP contribution >= 0.6 is 0 Å². The second-order valence-electron chi connectivity index (χ2n) is 4.41. The Kier molecular flexibility index (Phi) is 3.88. The van der Waals surface area contributed by atoms with Crippen LogP contribution in [0.2, 0.25) is 0 Å². The fraction of sp³-hybridized carbons (Fsp3) is 0.545. The van der Waals surface area contributed by atoms with Crippen molar-refractivity contribution in [2.45, 2.75) is 18.1 Å². The Morgan fingerprint density at radius 1 is 1.37 bits per heavy atom. The molecule has 1 aromatic heterocycles. The van der Waals surface area contributed by atoms with Crippen molar-refractivity contribution in [2.75, 3.05) is 30.0 Å². The fourth-order valence-electron chi connectivity index (χ4n) is 2.06. The molecule has 0 radical (unpaired) electrons. The first-order valence-corrected chi connectivity index (χ1v) is 7.65. The third-order valence-electron chi connectivity index (χ3n) is 3.13. The third kappa shape index (κ3) is 2.94. The van der Waals surface area contributed by atoms with Gasteiger partial charge in [0.25, 0.3) is 0 Å². The zero-order valence-electron chi connectivity index (χ0n) is 10.4. The van der Waals surface area contributed by atoms with Crippen LogP contribution in [0, 0.1) is 11.6 Å². The number of nitrogens with zero attached hydrogens (tertiary/aromatic N) is 1. The molecular weight excluding hydrogens is 276 g/mol. The molecule has 19 heavy (non-hydrogen) atoms. The number of nitrogens with one attached hydrogen (secondary N) is 2. The van der Waals surface area contributed by atoms with Crippen molar-refractivity contribution in [3.63, 3.8) is 0 Å². The summed E-state index contributed by atoms with van der Waals surface area (Å²) in [4.78, 5) is 3.73. The molecule has 0 amide bonds. The second-order valence-corrected chi connectivity index (χ2v) is 6.81. The standard InChI is InChI=1S/C11H15F2N3O2S/c1-14-10-8(12)5-9(13)11(16-10)15-6-7-3-2-4-19(7,17)18/h5,7H,2-4,6H2,1H3,(H2,14,15,16). The summed E-state index contributed by atoms with van der Waals surface area (Å²) in [7, 11) is -1.63. The van der Waals surface area contributed by atoms with Gasteiger partial charge in [-0.3, -0.25) is 0 Å². The van der Waals surface area contributed by atoms with Crippen LogP contribution in [-0.2, 0) is 9.84 Å². The SMILES string of the molecule is CNc1nc(NCC2CCCS2(=O)=O)c(F)cc1F. The molecule has 0 aliphatic carbocycles. The normalized spacial score (nSPS) is 21.3. The van der Waals surface area contributed by atoms with Crippen LogP contribution in [0.5, 0.6) is 0 Å². The summed E-state index contributed by atoms with van der Waals surface area (Å²) in [5, 5.41) is 4.61. The molecule has 1 aliphatic heterocycles. The lowest BCUT2D eigenvalue weighted by Gasteiger charge is -2.13. The Morgan fingerprint density at radius 2 is 2.05 bits per heavy atom. The molecule has 0 aromatic carbocycles. The van der Waals surface area contributed by atoms with Gasteiger partial charge in [0.2, 0.25) is 0 Å². The molecule has 8 heteroatoms. The van der Waals surface area contributed by atoms with Crippen molar-refractivity contribution in [1.82, 2.24) is 4.98 Å². The summed E-state index contributed by atoms with van der Waals surface area (Å²) < 4.78 is 49.9. The first-order valence-electron chi connectivity index (χ1n) is 5.93. The molecule has 1 atom stereocenters. The number of hydrogen-bond acceptors (Lipinski definition) is 5. The van der Waals surface area contributed by atoms with E-state index >= 15 is 0 Å². The van der Waals surface area contributed by atoms with E-state index < -0.39 is 26.7 Å². The maximum Gasteiger partial charge on any atom is 0.168 e. The second kappa shape index (κ2) is 5.28. The molecular formula is C11H15F2N3O2S. The number of aromatic nitrogens is 1. The number of halogens is 2. The largest absolute Gasteiger partial charge is 0.371 e. The Labute approximate surface area is 110 Å². The average molecular weight is 291 g/mol. The van der Waals surface area contributed by atoms with E-state index in [1.165, 1.54) is 7.05 Å². The number of hydrogen-bond donors (Lipinski definition) is 2. The molecule has 1 unspecified atom stereocenters. The fourth-order valence-corrected chi connectivity index (χ4v) is 3.83. The van der Waals surface area contributed by atoms with Gasteiger partial charge < -0.3 is 10.6 Å². The highest BCUT2D eigenvalue weighted by atomic mass is 32.2. The molecule has 106 valence electrons. The topological polar surface area (TPSA) is 71.1 Å². The van der Waals surface area contributed by atoms with Gasteiger partial charge in [0.1, 0.15) is 0 Å². The molecule has 0 bridgehead atoms. The van der Waals surface area contributed by atoms with E-state index in [0.29, 0.717) is 18.9 Å². The first kappa shape index (κ1) is 14.0. The minimum atomic E-state index is -3.10. The smallest absolute Gasteiger partial charge is 0.168 e. The van der Waals surface area contributed by atoms with Crippen LogP contribution in [0.1, 0.15) is 12.8 Å². The van der Waals surface area contributed by atoms with E-state index in [-0.39, 0.29) is 23.9 Å². The van der Waals surface area contributed by atoms with Gasteiger partial charge in [-0.1, -0.05) is 0 Å². The van der Waals surface area contributed by atoms with E-state index in [4.69, 9.17) is 0 Å². The molecule has 0 saturated carbocycles. The van der Waals surface area contributed by atoms with E-state index in [1.54, 1.807) is 0 Å². The zero-order valence-corrected chi connectivity index (χ0v) is 11.2. The van der Waals surface area contributed by atoms with Gasteiger partial charge >= 0.3 is 0 Å². The van der Waals surface area contributed by atoms with Crippen molar-refractivity contribution >= 4 is 21.5 Å². The third-order valence-corrected chi connectivity index (χ3v) is 5.40. The highest BCUT2D eigenvalue weighted by Crippen LogP contribution is 2.22. The Bertz CT molecular complexity index is 578. The van der Waals surface area contributed by atoms with E-state index in [0.717, 1.165) is 0 Å². The van der Waals surface area contributed by atoms with Crippen LogP contribution < -0.4 is 10.6 Å². The van der Waals surface area contributed by atoms with Gasteiger partial charge in [0.15, 0.2) is 33.1 Å². The highest BCUT2D eigenvalue weighted by Gasteiger charge is 2.31. The maximum absolute atomic E-state index is 13.5. The summed E-state index contributed by atoms with van der Waals surface area (Å²) in [6, 6.07) is 0.713. The van der Waals surface area contributed by atoms with Crippen molar-refractivity contribution in [1.29, 1.82) is 0 Å². The molecule has 2 N–H and O–H groups in total. The Morgan fingerprint density at radius 3 is 2.63 bits per heavy atom. The number of sulfone groups is 1. The summed E-state index contributed by atoms with van der Waals surface area (Å²) in [5.41, 5.74) is 0. The summed E-state index contributed by atoms with van der Waals surface area (Å²) in [6.07, 6.45) is 1.17. The van der Waals surface area contributed by atoms with Gasteiger partial charge in [-0.2, -0.15) is 0 Å². The van der Waals surface area contributed by atoms with E-state index in [9.17, 15) is 17.2 Å². The van der Waals surface area contributed by atoms with Crippen LogP contribution in [-0.4, -0.2) is 38.0 Å². The monoisotopic (exact) mass is 291 g/mol. The van der Waals surface area contributed by atoms with E-state index in [2.05, 4.69) is 15.6 Å². The molecule has 2 heterocycles. The molecule has 1 aromatic rings. The number of rotatable bonds is 4. The molecule has 1 saturated heterocycles. The molecule has 1 fully saturated rings. The Balaban J connectivity index is 2.11. The summed E-state index contributed by atoms with van der Waals surface area (Å²) in [5.74, 6) is -1.70. The van der Waals surface area contributed by atoms with Crippen molar-refractivity contribution < 1.29 is 17.2 Å². The Hall–Kier alpha value is -1.44. The van der Waals surface area contributed by atoms with Crippen molar-refractivity contribution in [3.8, 4) is 0 Å². The van der Waals surface area contributed by atoms with Crippen LogP contribution in [0.25, 0.3) is 0 Å². The lowest BCUT2D eigenvalue weighted by molar-refractivity contribution is 0.576.